The predicted octanol–water partition coefficient (Wildman–Crippen LogP) is 2.32. The molecule has 0 aromatic heterocycles. The Morgan fingerprint density at radius 1 is 1.06 bits per heavy atom. The van der Waals surface area contributed by atoms with Gasteiger partial charge in [-0.3, -0.25) is 14.9 Å². The van der Waals surface area contributed by atoms with Crippen molar-refractivity contribution >= 4 is 17.7 Å². The van der Waals surface area contributed by atoms with E-state index in [1.807, 2.05) is 20.8 Å². The number of amides is 2. The Balaban J connectivity index is 2.84. The van der Waals surface area contributed by atoms with Gasteiger partial charge in [0.05, 0.1) is 29.8 Å². The van der Waals surface area contributed by atoms with Crippen molar-refractivity contribution in [3.05, 3.63) is 39.9 Å². The van der Waals surface area contributed by atoms with Crippen LogP contribution in [-0.2, 0) is 20.7 Å². The molecule has 0 spiro atoms. The van der Waals surface area contributed by atoms with Crippen LogP contribution in [0.25, 0.3) is 0 Å². The van der Waals surface area contributed by atoms with E-state index in [4.69, 9.17) is 9.47 Å². The molecule has 0 fully saturated rings. The van der Waals surface area contributed by atoms with Gasteiger partial charge in [0.2, 0.25) is 5.91 Å². The molecule has 0 radical (unpaired) electrons. The van der Waals surface area contributed by atoms with E-state index in [0.29, 0.717) is 5.56 Å². The predicted molar refractivity (Wildman–Crippen MR) is 115 cm³/mol. The van der Waals surface area contributed by atoms with Crippen molar-refractivity contribution in [1.82, 2.24) is 10.6 Å². The molecule has 1 aromatic carbocycles. The van der Waals surface area contributed by atoms with Crippen LogP contribution in [0.3, 0.4) is 0 Å². The summed E-state index contributed by atoms with van der Waals surface area (Å²) in [7, 11) is 0. The lowest BCUT2D eigenvalue weighted by molar-refractivity contribution is -0.384. The first kappa shape index (κ1) is 26.3. The first-order valence-electron chi connectivity index (χ1n) is 9.98. The zero-order chi connectivity index (χ0) is 23.8. The second-order valence-electron chi connectivity index (χ2n) is 9.14. The summed E-state index contributed by atoms with van der Waals surface area (Å²) in [5, 5.41) is 25.6. The van der Waals surface area contributed by atoms with Crippen LogP contribution in [0.1, 0.15) is 47.1 Å². The second kappa shape index (κ2) is 11.1. The molecule has 0 aliphatic carbocycles. The van der Waals surface area contributed by atoms with Crippen molar-refractivity contribution in [2.45, 2.75) is 71.2 Å². The summed E-state index contributed by atoms with van der Waals surface area (Å²) in [5.41, 5.74) is -0.621. The molecule has 10 nitrogen and oxygen atoms in total. The van der Waals surface area contributed by atoms with Crippen molar-refractivity contribution in [1.29, 1.82) is 0 Å². The summed E-state index contributed by atoms with van der Waals surface area (Å²) >= 11 is 0. The number of carbonyl (C=O) groups is 2. The largest absolute Gasteiger partial charge is 0.444 e. The molecular formula is C21H33N3O7. The van der Waals surface area contributed by atoms with Crippen molar-refractivity contribution in [3.63, 3.8) is 0 Å². The van der Waals surface area contributed by atoms with E-state index in [1.165, 1.54) is 12.1 Å². The third-order valence-corrected chi connectivity index (χ3v) is 3.89. The number of nitrogens with one attached hydrogen (secondary N) is 2. The highest BCUT2D eigenvalue weighted by atomic mass is 16.6. The minimum absolute atomic E-state index is 0.0470. The van der Waals surface area contributed by atoms with E-state index in [2.05, 4.69) is 10.6 Å². The average molecular weight is 440 g/mol. The second-order valence-corrected chi connectivity index (χ2v) is 9.14. The number of carbonyl (C=O) groups excluding carboxylic acids is 2. The van der Waals surface area contributed by atoms with Gasteiger partial charge in [0.1, 0.15) is 11.6 Å². The monoisotopic (exact) mass is 439 g/mol. The van der Waals surface area contributed by atoms with Crippen molar-refractivity contribution in [2.75, 3.05) is 13.2 Å². The normalized spacial score (nSPS) is 13.8. The molecular weight excluding hydrogens is 406 g/mol. The summed E-state index contributed by atoms with van der Waals surface area (Å²) in [6.45, 7) is 10.1. The van der Waals surface area contributed by atoms with Gasteiger partial charge < -0.3 is 25.2 Å². The fourth-order valence-corrected chi connectivity index (χ4v) is 2.47. The number of nitro groups is 1. The molecule has 10 heteroatoms. The molecule has 0 saturated heterocycles. The first-order valence-corrected chi connectivity index (χ1v) is 9.98. The van der Waals surface area contributed by atoms with Crippen molar-refractivity contribution in [2.24, 2.45) is 0 Å². The zero-order valence-electron chi connectivity index (χ0n) is 18.9. The van der Waals surface area contributed by atoms with Gasteiger partial charge in [0.15, 0.2) is 0 Å². The number of rotatable bonds is 9. The molecule has 0 saturated carbocycles. The Morgan fingerprint density at radius 2 is 1.65 bits per heavy atom. The topological polar surface area (TPSA) is 140 Å². The van der Waals surface area contributed by atoms with E-state index in [9.17, 15) is 24.8 Å². The average Bonchev–Trinajstić information content (AvgIpc) is 2.62. The first-order chi connectivity index (χ1) is 14.2. The number of aliphatic hydroxyl groups is 1. The van der Waals surface area contributed by atoms with Crippen LogP contribution in [0, 0.1) is 10.1 Å². The van der Waals surface area contributed by atoms with Gasteiger partial charge in [-0.15, -0.1) is 0 Å². The fraction of sp³-hybridized carbons (Fsp3) is 0.619. The van der Waals surface area contributed by atoms with Gasteiger partial charge in [-0.25, -0.2) is 4.79 Å². The van der Waals surface area contributed by atoms with Crippen LogP contribution in [0.4, 0.5) is 10.5 Å². The van der Waals surface area contributed by atoms with Gasteiger partial charge >= 0.3 is 6.09 Å². The molecule has 2 amide bonds. The minimum Gasteiger partial charge on any atom is -0.444 e. The molecule has 2 atom stereocenters. The number of hydrogen-bond acceptors (Lipinski definition) is 7. The molecule has 31 heavy (non-hydrogen) atoms. The summed E-state index contributed by atoms with van der Waals surface area (Å²) in [4.78, 5) is 35.2. The van der Waals surface area contributed by atoms with Crippen LogP contribution in [0.5, 0.6) is 0 Å². The summed E-state index contributed by atoms with van der Waals surface area (Å²) in [6.07, 6.45) is -0.513. The lowest BCUT2D eigenvalue weighted by Crippen LogP contribution is -2.54. The Labute approximate surface area is 182 Å². The lowest BCUT2D eigenvalue weighted by atomic mass is 10.1. The molecule has 3 N–H and O–H groups in total. The van der Waals surface area contributed by atoms with E-state index in [0.717, 1.165) is 0 Å². The fourth-order valence-electron chi connectivity index (χ4n) is 2.47. The SMILES string of the molecule is CC(C)(C)OC[C@H](NC(=O)OC(C)(C)C)C(=O)N[C@H](CO)Cc1ccc([N+](=O)[O-])cc1. The number of aliphatic hydroxyl groups excluding tert-OH is 1. The summed E-state index contributed by atoms with van der Waals surface area (Å²) in [5.74, 6) is -0.545. The van der Waals surface area contributed by atoms with Gasteiger partial charge in [-0.2, -0.15) is 0 Å². The number of nitrogens with zero attached hydrogens (tertiary/aromatic N) is 1. The van der Waals surface area contributed by atoms with Crippen LogP contribution in [0.15, 0.2) is 24.3 Å². The molecule has 0 heterocycles. The Bertz CT molecular complexity index is 752. The summed E-state index contributed by atoms with van der Waals surface area (Å²) in [6, 6.07) is 4.13. The van der Waals surface area contributed by atoms with E-state index in [-0.39, 0.29) is 25.3 Å². The molecule has 1 aromatic rings. The highest BCUT2D eigenvalue weighted by Crippen LogP contribution is 2.14. The third-order valence-electron chi connectivity index (χ3n) is 3.89. The highest BCUT2D eigenvalue weighted by Gasteiger charge is 2.28. The number of alkyl carbamates (subject to hydrolysis) is 1. The molecule has 0 aliphatic heterocycles. The standard InChI is InChI=1S/C21H33N3O7/c1-20(2,3)30-13-17(23-19(27)31-21(4,5)6)18(26)22-15(12-25)11-14-7-9-16(10-8-14)24(28)29/h7-10,15,17,25H,11-13H2,1-6H3,(H,22,26)(H,23,27)/t15-,17-/m0/s1. The number of nitro benzene ring substituents is 1. The maximum Gasteiger partial charge on any atom is 0.408 e. The molecule has 1 rings (SSSR count). The van der Waals surface area contributed by atoms with Crippen LogP contribution in [0.2, 0.25) is 0 Å². The third kappa shape index (κ3) is 10.7. The van der Waals surface area contributed by atoms with Crippen LogP contribution in [-0.4, -0.2) is 58.5 Å². The smallest absolute Gasteiger partial charge is 0.408 e. The highest BCUT2D eigenvalue weighted by molar-refractivity contribution is 5.86. The summed E-state index contributed by atoms with van der Waals surface area (Å²) < 4.78 is 10.9. The zero-order valence-corrected chi connectivity index (χ0v) is 18.9. The van der Waals surface area contributed by atoms with E-state index < -0.39 is 40.2 Å². The maximum atomic E-state index is 12.8. The Morgan fingerprint density at radius 3 is 2.10 bits per heavy atom. The molecule has 0 unspecified atom stereocenters. The Hall–Kier alpha value is -2.72. The van der Waals surface area contributed by atoms with Gasteiger partial charge in [-0.1, -0.05) is 12.1 Å². The van der Waals surface area contributed by atoms with Crippen molar-refractivity contribution in [3.8, 4) is 0 Å². The van der Waals surface area contributed by atoms with Gasteiger partial charge in [0, 0.05) is 12.1 Å². The number of hydrogen-bond donors (Lipinski definition) is 3. The van der Waals surface area contributed by atoms with Crippen LogP contribution < -0.4 is 10.6 Å². The number of non-ortho nitro benzene ring substituents is 1. The number of ether oxygens (including phenoxy) is 2. The van der Waals surface area contributed by atoms with Crippen LogP contribution >= 0.6 is 0 Å². The van der Waals surface area contributed by atoms with E-state index in [1.54, 1.807) is 32.9 Å². The van der Waals surface area contributed by atoms with Crippen molar-refractivity contribution < 1.29 is 29.1 Å². The van der Waals surface area contributed by atoms with E-state index >= 15 is 0 Å². The Kier molecular flexibility index (Phi) is 9.39. The van der Waals surface area contributed by atoms with Gasteiger partial charge in [-0.05, 0) is 53.5 Å². The number of benzene rings is 1. The lowest BCUT2D eigenvalue weighted by Gasteiger charge is -2.27. The molecule has 0 bridgehead atoms. The molecule has 174 valence electrons. The minimum atomic E-state index is -1.04. The van der Waals surface area contributed by atoms with Gasteiger partial charge in [0.25, 0.3) is 5.69 Å². The quantitative estimate of drug-likeness (QED) is 0.396. The molecule has 0 aliphatic rings. The maximum absolute atomic E-state index is 12.8.